The Kier molecular flexibility index (Phi) is 2.99. The zero-order chi connectivity index (χ0) is 14.3. The van der Waals surface area contributed by atoms with Gasteiger partial charge in [0.15, 0.2) is 5.65 Å². The summed E-state index contributed by atoms with van der Waals surface area (Å²) in [6, 6.07) is 6.17. The Morgan fingerprint density at radius 3 is 2.70 bits per heavy atom. The Morgan fingerprint density at radius 1 is 1.15 bits per heavy atom. The van der Waals surface area contributed by atoms with Gasteiger partial charge in [0.1, 0.15) is 11.6 Å². The molecule has 0 aliphatic rings. The van der Waals surface area contributed by atoms with Gasteiger partial charge in [0.2, 0.25) is 0 Å². The van der Waals surface area contributed by atoms with Crippen molar-refractivity contribution in [3.63, 3.8) is 0 Å². The van der Waals surface area contributed by atoms with Crippen LogP contribution in [0.2, 0.25) is 0 Å². The van der Waals surface area contributed by atoms with E-state index in [1.807, 2.05) is 13.1 Å². The molecule has 3 rings (SSSR count). The van der Waals surface area contributed by atoms with Crippen molar-refractivity contribution >= 4 is 27.8 Å². The van der Waals surface area contributed by atoms with E-state index in [9.17, 15) is 0 Å². The number of fused-ring (bicyclic) bond motifs is 2. The highest BCUT2D eigenvalue weighted by Gasteiger charge is 2.10. The molecule has 1 aromatic carbocycles. The first kappa shape index (κ1) is 12.7. The fraction of sp³-hybridized carbons (Fsp3) is 0.267. The lowest BCUT2D eigenvalue weighted by Crippen LogP contribution is -2.11. The number of nitrogens with two attached hydrogens (primary N) is 1. The lowest BCUT2D eigenvalue weighted by molar-refractivity contribution is 0.765. The molecule has 0 spiro atoms. The van der Waals surface area contributed by atoms with Gasteiger partial charge in [0, 0.05) is 5.39 Å². The second-order valence-corrected chi connectivity index (χ2v) is 4.99. The van der Waals surface area contributed by atoms with Gasteiger partial charge in [0.25, 0.3) is 0 Å². The molecule has 2 aromatic heterocycles. The van der Waals surface area contributed by atoms with Crippen LogP contribution in [0.1, 0.15) is 17.0 Å². The van der Waals surface area contributed by atoms with Crippen molar-refractivity contribution in [1.82, 2.24) is 20.3 Å². The molecular weight excluding hydrogens is 250 g/mol. The van der Waals surface area contributed by atoms with Crippen LogP contribution in [0.4, 0.5) is 5.82 Å². The van der Waals surface area contributed by atoms with E-state index in [1.165, 1.54) is 11.1 Å². The lowest BCUT2D eigenvalue weighted by Gasteiger charge is -2.09. The Balaban J connectivity index is 2.36. The molecule has 0 aliphatic carbocycles. The Bertz CT molecular complexity index is 810. The zero-order valence-corrected chi connectivity index (χ0v) is 11.9. The van der Waals surface area contributed by atoms with Crippen LogP contribution < -0.4 is 11.1 Å². The number of nitrogens with one attached hydrogen (secondary N) is 1. The number of pyridine rings is 1. The quantitative estimate of drug-likeness (QED) is 0.695. The van der Waals surface area contributed by atoms with E-state index in [2.05, 4.69) is 46.2 Å². The van der Waals surface area contributed by atoms with Crippen molar-refractivity contribution in [2.75, 3.05) is 12.8 Å². The van der Waals surface area contributed by atoms with Gasteiger partial charge in [-0.05, 0) is 38.1 Å². The number of hydrogen-bond acceptors (Lipinski definition) is 5. The van der Waals surface area contributed by atoms with E-state index in [0.717, 1.165) is 16.3 Å². The minimum Gasteiger partial charge on any atom is -0.383 e. The van der Waals surface area contributed by atoms with E-state index in [4.69, 9.17) is 5.73 Å². The molecule has 5 nitrogen and oxygen atoms in total. The molecule has 20 heavy (non-hydrogen) atoms. The number of nitrogen functional groups attached to an aromatic ring is 1. The summed E-state index contributed by atoms with van der Waals surface area (Å²) >= 11 is 0. The maximum Gasteiger partial charge on any atom is 0.165 e. The molecule has 0 saturated heterocycles. The van der Waals surface area contributed by atoms with Crippen molar-refractivity contribution in [3.05, 3.63) is 35.2 Å². The van der Waals surface area contributed by atoms with E-state index in [1.54, 1.807) is 0 Å². The van der Waals surface area contributed by atoms with Crippen molar-refractivity contribution in [3.8, 4) is 0 Å². The number of anilines is 1. The number of rotatable bonds is 2. The summed E-state index contributed by atoms with van der Waals surface area (Å²) in [6.07, 6.45) is 0. The van der Waals surface area contributed by atoms with E-state index in [-0.39, 0.29) is 0 Å². The molecule has 102 valence electrons. The Labute approximate surface area is 117 Å². The highest BCUT2D eigenvalue weighted by atomic mass is 15.0. The van der Waals surface area contributed by atoms with E-state index >= 15 is 0 Å². The molecule has 0 amide bonds. The first-order valence-electron chi connectivity index (χ1n) is 6.58. The maximum atomic E-state index is 6.03. The molecule has 0 saturated carbocycles. The topological polar surface area (TPSA) is 76.7 Å². The van der Waals surface area contributed by atoms with E-state index in [0.29, 0.717) is 23.8 Å². The molecule has 0 atom stereocenters. The van der Waals surface area contributed by atoms with Crippen LogP contribution in [0.3, 0.4) is 0 Å². The summed E-state index contributed by atoms with van der Waals surface area (Å²) in [5, 5.41) is 4.90. The predicted molar refractivity (Wildman–Crippen MR) is 81.5 cm³/mol. The summed E-state index contributed by atoms with van der Waals surface area (Å²) in [5.41, 5.74) is 10.1. The molecule has 0 aliphatic heterocycles. The molecule has 3 N–H and O–H groups in total. The van der Waals surface area contributed by atoms with Crippen molar-refractivity contribution in [2.45, 2.75) is 20.4 Å². The normalized spacial score (nSPS) is 11.3. The summed E-state index contributed by atoms with van der Waals surface area (Å²) in [5.74, 6) is 1.14. The van der Waals surface area contributed by atoms with Crippen LogP contribution in [0.5, 0.6) is 0 Å². The fourth-order valence-corrected chi connectivity index (χ4v) is 2.33. The van der Waals surface area contributed by atoms with Crippen molar-refractivity contribution in [1.29, 1.82) is 0 Å². The summed E-state index contributed by atoms with van der Waals surface area (Å²) in [6.45, 7) is 4.74. The first-order valence-corrected chi connectivity index (χ1v) is 6.58. The third-order valence-corrected chi connectivity index (χ3v) is 3.59. The fourth-order valence-electron chi connectivity index (χ4n) is 2.33. The van der Waals surface area contributed by atoms with Gasteiger partial charge in [0.05, 0.1) is 17.4 Å². The largest absolute Gasteiger partial charge is 0.383 e. The number of aryl methyl sites for hydroxylation is 2. The van der Waals surface area contributed by atoms with E-state index < -0.39 is 0 Å². The molecule has 0 bridgehead atoms. The molecule has 5 heteroatoms. The van der Waals surface area contributed by atoms with Crippen LogP contribution >= 0.6 is 0 Å². The molecule has 2 heterocycles. The van der Waals surface area contributed by atoms with Crippen LogP contribution in [0.15, 0.2) is 18.2 Å². The van der Waals surface area contributed by atoms with Crippen LogP contribution in [0.25, 0.3) is 21.9 Å². The summed E-state index contributed by atoms with van der Waals surface area (Å²) in [7, 11) is 1.85. The Morgan fingerprint density at radius 2 is 1.95 bits per heavy atom. The third-order valence-electron chi connectivity index (χ3n) is 3.59. The molecule has 0 unspecified atom stereocenters. The van der Waals surface area contributed by atoms with Gasteiger partial charge in [-0.3, -0.25) is 0 Å². The minimum absolute atomic E-state index is 0.480. The smallest absolute Gasteiger partial charge is 0.165 e. The average molecular weight is 267 g/mol. The van der Waals surface area contributed by atoms with Crippen LogP contribution in [-0.2, 0) is 6.54 Å². The zero-order valence-electron chi connectivity index (χ0n) is 11.9. The lowest BCUT2D eigenvalue weighted by atomic mass is 10.0. The average Bonchev–Trinajstić information content (AvgIpc) is 2.42. The second-order valence-electron chi connectivity index (χ2n) is 4.99. The van der Waals surface area contributed by atoms with Crippen molar-refractivity contribution in [2.24, 2.45) is 0 Å². The summed E-state index contributed by atoms with van der Waals surface area (Å²) in [4.78, 5) is 13.5. The van der Waals surface area contributed by atoms with Gasteiger partial charge in [-0.15, -0.1) is 0 Å². The Hall–Kier alpha value is -2.27. The van der Waals surface area contributed by atoms with Gasteiger partial charge in [-0.2, -0.15) is 0 Å². The SMILES string of the molecule is CNCc1nc(N)c2cc3ccc(C)c(C)c3nc2n1. The highest BCUT2D eigenvalue weighted by molar-refractivity contribution is 5.97. The minimum atomic E-state index is 0.480. The number of aromatic nitrogens is 3. The number of nitrogens with zero attached hydrogens (tertiary/aromatic N) is 3. The first-order chi connectivity index (χ1) is 9.60. The maximum absolute atomic E-state index is 6.03. The molecule has 3 aromatic rings. The molecular formula is C15H17N5. The van der Waals surface area contributed by atoms with Crippen LogP contribution in [0, 0.1) is 13.8 Å². The predicted octanol–water partition coefficient (Wildman–Crippen LogP) is 2.10. The third kappa shape index (κ3) is 1.96. The van der Waals surface area contributed by atoms with Crippen LogP contribution in [-0.4, -0.2) is 22.0 Å². The van der Waals surface area contributed by atoms with Gasteiger partial charge in [-0.25, -0.2) is 15.0 Å². The van der Waals surface area contributed by atoms with Gasteiger partial charge < -0.3 is 11.1 Å². The second kappa shape index (κ2) is 4.68. The highest BCUT2D eigenvalue weighted by Crippen LogP contribution is 2.25. The van der Waals surface area contributed by atoms with Crippen molar-refractivity contribution < 1.29 is 0 Å². The standard InChI is InChI=1S/C15H17N5/c1-8-4-5-10-6-11-14(16)18-12(7-17-3)19-15(11)20-13(10)9(8)2/h4-6,17H,7H2,1-3H3,(H2,16,18,19,20). The number of hydrogen-bond donors (Lipinski definition) is 2. The molecule has 0 radical (unpaired) electrons. The number of benzene rings is 1. The van der Waals surface area contributed by atoms with Gasteiger partial charge in [-0.1, -0.05) is 12.1 Å². The monoisotopic (exact) mass is 267 g/mol. The van der Waals surface area contributed by atoms with Gasteiger partial charge >= 0.3 is 0 Å². The molecule has 0 fully saturated rings. The summed E-state index contributed by atoms with van der Waals surface area (Å²) < 4.78 is 0.